The van der Waals surface area contributed by atoms with Crippen LogP contribution >= 0.6 is 11.6 Å². The highest BCUT2D eigenvalue weighted by molar-refractivity contribution is 6.31. The Morgan fingerprint density at radius 2 is 1.73 bits per heavy atom. The van der Waals surface area contributed by atoms with Gasteiger partial charge in [-0.1, -0.05) is 37.6 Å². The van der Waals surface area contributed by atoms with E-state index >= 15 is 0 Å². The summed E-state index contributed by atoms with van der Waals surface area (Å²) in [6, 6.07) is 7.55. The lowest BCUT2D eigenvalue weighted by Crippen LogP contribution is -2.55. The first-order chi connectivity index (χ1) is 14.1. The molecule has 8 atom stereocenters. The minimum atomic E-state index is -0.470. The highest BCUT2D eigenvalue weighted by Gasteiger charge is 2.61. The number of ketones is 1. The Bertz CT molecular complexity index is 847. The Hall–Kier alpha value is -0.860. The van der Waals surface area contributed by atoms with Crippen molar-refractivity contribution in [1.82, 2.24) is 0 Å². The van der Waals surface area contributed by atoms with E-state index in [9.17, 15) is 9.90 Å². The van der Waals surface area contributed by atoms with Gasteiger partial charge in [-0.3, -0.25) is 4.79 Å². The van der Waals surface area contributed by atoms with E-state index in [1.54, 1.807) is 0 Å². The Balaban J connectivity index is 1.40. The van der Waals surface area contributed by atoms with Crippen molar-refractivity contribution in [3.8, 4) is 0 Å². The monoisotopic (exact) mass is 428 g/mol. The Morgan fingerprint density at radius 1 is 0.967 bits per heavy atom. The van der Waals surface area contributed by atoms with E-state index in [1.165, 1.54) is 38.5 Å². The molecule has 1 aromatic rings. The maximum atomic E-state index is 13.5. The van der Waals surface area contributed by atoms with E-state index < -0.39 is 5.60 Å². The fourth-order valence-electron chi connectivity index (χ4n) is 8.70. The molecule has 0 spiro atoms. The van der Waals surface area contributed by atoms with Crippen molar-refractivity contribution in [2.75, 3.05) is 0 Å². The van der Waals surface area contributed by atoms with E-state index in [2.05, 4.69) is 13.8 Å². The second kappa shape index (κ2) is 7.07. The number of fused-ring (bicyclic) bond motifs is 5. The van der Waals surface area contributed by atoms with Crippen LogP contribution < -0.4 is 0 Å². The summed E-state index contributed by atoms with van der Waals surface area (Å²) in [5, 5.41) is 11.3. The van der Waals surface area contributed by atoms with Gasteiger partial charge in [-0.05, 0) is 111 Å². The Kier molecular flexibility index (Phi) is 4.95. The van der Waals surface area contributed by atoms with Crippen LogP contribution in [0.1, 0.15) is 88.9 Å². The van der Waals surface area contributed by atoms with Crippen LogP contribution in [-0.4, -0.2) is 16.5 Å². The van der Waals surface area contributed by atoms with Crippen LogP contribution in [0, 0.1) is 40.4 Å². The summed E-state index contributed by atoms with van der Waals surface area (Å²) in [6.07, 6.45) is 10.3. The molecule has 0 heterocycles. The normalized spacial score (nSPS) is 47.8. The van der Waals surface area contributed by atoms with Crippen LogP contribution in [0.5, 0.6) is 0 Å². The second-order valence-electron chi connectivity index (χ2n) is 11.9. The van der Waals surface area contributed by atoms with Gasteiger partial charge in [0, 0.05) is 16.5 Å². The predicted octanol–water partition coefficient (Wildman–Crippen LogP) is 6.93. The van der Waals surface area contributed by atoms with Gasteiger partial charge in [-0.25, -0.2) is 0 Å². The molecular weight excluding hydrogens is 392 g/mol. The van der Waals surface area contributed by atoms with E-state index in [0.717, 1.165) is 36.7 Å². The summed E-state index contributed by atoms with van der Waals surface area (Å²) in [6.45, 7) is 7.00. The van der Waals surface area contributed by atoms with Crippen LogP contribution in [0.2, 0.25) is 5.02 Å². The highest BCUT2D eigenvalue weighted by Crippen LogP contribution is 2.68. The fourth-order valence-corrected chi connectivity index (χ4v) is 8.90. The van der Waals surface area contributed by atoms with Crippen LogP contribution in [0.4, 0.5) is 0 Å². The molecule has 2 nitrogen and oxygen atoms in total. The summed E-state index contributed by atoms with van der Waals surface area (Å²) in [5.41, 5.74) is 0.828. The molecule has 4 aliphatic carbocycles. The molecule has 1 N–H and O–H groups in total. The van der Waals surface area contributed by atoms with Crippen molar-refractivity contribution in [1.29, 1.82) is 0 Å². The van der Waals surface area contributed by atoms with E-state index in [1.807, 2.05) is 31.2 Å². The fraction of sp³-hybridized carbons (Fsp3) is 0.741. The second-order valence-corrected chi connectivity index (χ2v) is 12.3. The van der Waals surface area contributed by atoms with Crippen LogP contribution in [0.3, 0.4) is 0 Å². The maximum absolute atomic E-state index is 13.5. The van der Waals surface area contributed by atoms with Gasteiger partial charge in [0.2, 0.25) is 0 Å². The number of rotatable bonds is 2. The number of aliphatic hydroxyl groups is 1. The minimum Gasteiger partial charge on any atom is -0.390 e. The summed E-state index contributed by atoms with van der Waals surface area (Å²) in [7, 11) is 0. The summed E-state index contributed by atoms with van der Waals surface area (Å²) < 4.78 is 0. The molecule has 0 saturated heterocycles. The number of carbonyl (C=O) groups excluding carboxylic acids is 1. The first kappa shape index (κ1) is 21.0. The molecule has 0 aromatic heterocycles. The van der Waals surface area contributed by atoms with E-state index in [4.69, 9.17) is 11.6 Å². The lowest BCUT2D eigenvalue weighted by atomic mass is 9.44. The zero-order valence-corrected chi connectivity index (χ0v) is 19.5. The summed E-state index contributed by atoms with van der Waals surface area (Å²) in [5.74, 6) is 3.31. The van der Waals surface area contributed by atoms with Crippen LogP contribution in [-0.2, 0) is 0 Å². The molecule has 0 aliphatic heterocycles. The molecular formula is C27H37ClO2. The zero-order valence-electron chi connectivity index (χ0n) is 18.8. The van der Waals surface area contributed by atoms with Gasteiger partial charge in [0.15, 0.2) is 5.78 Å². The van der Waals surface area contributed by atoms with Crippen molar-refractivity contribution in [3.05, 3.63) is 34.9 Å². The topological polar surface area (TPSA) is 37.3 Å². The number of benzene rings is 1. The summed E-state index contributed by atoms with van der Waals surface area (Å²) in [4.78, 5) is 13.5. The average Bonchev–Trinajstić information content (AvgIpc) is 3.05. The van der Waals surface area contributed by atoms with Crippen molar-refractivity contribution >= 4 is 17.4 Å². The summed E-state index contributed by atoms with van der Waals surface area (Å²) >= 11 is 6.19. The molecule has 3 heteroatoms. The smallest absolute Gasteiger partial charge is 0.166 e. The number of halogens is 1. The average molecular weight is 429 g/mol. The zero-order chi connectivity index (χ0) is 21.3. The molecule has 30 heavy (non-hydrogen) atoms. The quantitative estimate of drug-likeness (QED) is 0.518. The van der Waals surface area contributed by atoms with Crippen molar-refractivity contribution in [3.63, 3.8) is 0 Å². The number of Topliss-reactive ketones (excluding diaryl/α,β-unsaturated/α-hetero) is 1. The van der Waals surface area contributed by atoms with Gasteiger partial charge in [0.25, 0.3) is 0 Å². The minimum absolute atomic E-state index is 0.129. The first-order valence-corrected chi connectivity index (χ1v) is 12.5. The lowest BCUT2D eigenvalue weighted by Gasteiger charge is -2.61. The third-order valence-electron chi connectivity index (χ3n) is 10.4. The molecule has 164 valence electrons. The molecule has 0 unspecified atom stereocenters. The SMILES string of the molecule is C[C@@]1(O)CC[C@@]2(C)[C@H](CC[C@@H]3[C@@H]2CC[C@]2(C)[C@@H](C(=O)c4cccc(Cl)c4)CC[C@@H]32)C1. The highest BCUT2D eigenvalue weighted by atomic mass is 35.5. The van der Waals surface area contributed by atoms with Gasteiger partial charge < -0.3 is 5.11 Å². The number of hydrogen-bond donors (Lipinski definition) is 1. The van der Waals surface area contributed by atoms with Gasteiger partial charge in [-0.2, -0.15) is 0 Å². The number of hydrogen-bond acceptors (Lipinski definition) is 2. The Morgan fingerprint density at radius 3 is 2.50 bits per heavy atom. The molecule has 0 amide bonds. The lowest BCUT2D eigenvalue weighted by molar-refractivity contribution is -0.144. The molecule has 0 bridgehead atoms. The Labute approximate surface area is 186 Å². The largest absolute Gasteiger partial charge is 0.390 e. The van der Waals surface area contributed by atoms with Crippen molar-refractivity contribution in [2.24, 2.45) is 40.4 Å². The maximum Gasteiger partial charge on any atom is 0.166 e. The van der Waals surface area contributed by atoms with Crippen LogP contribution in [0.15, 0.2) is 24.3 Å². The molecule has 4 fully saturated rings. The van der Waals surface area contributed by atoms with Gasteiger partial charge in [-0.15, -0.1) is 0 Å². The molecule has 0 radical (unpaired) electrons. The molecule has 1 aromatic carbocycles. The first-order valence-electron chi connectivity index (χ1n) is 12.2. The third-order valence-corrected chi connectivity index (χ3v) is 10.6. The third kappa shape index (κ3) is 3.12. The predicted molar refractivity (Wildman–Crippen MR) is 122 cm³/mol. The van der Waals surface area contributed by atoms with Gasteiger partial charge in [0.05, 0.1) is 5.60 Å². The van der Waals surface area contributed by atoms with Crippen LogP contribution in [0.25, 0.3) is 0 Å². The number of carbonyl (C=O) groups is 1. The molecule has 4 saturated carbocycles. The van der Waals surface area contributed by atoms with Gasteiger partial charge in [0.1, 0.15) is 0 Å². The van der Waals surface area contributed by atoms with Crippen molar-refractivity contribution in [2.45, 2.75) is 84.2 Å². The van der Waals surface area contributed by atoms with E-state index in [0.29, 0.717) is 28.1 Å². The standard InChI is InChI=1S/C27H37ClO2/c1-25(30)13-14-26(2)18(16-25)7-8-20-21-9-10-23(27(21,3)12-11-22(20)26)24(29)17-5-4-6-19(28)15-17/h4-6,15,18,20-23,30H,7-14,16H2,1-3H3/t18-,20+,21+,22+,23-,25-,26+,27+/m1/s1. The molecule has 5 rings (SSSR count). The van der Waals surface area contributed by atoms with Gasteiger partial charge >= 0.3 is 0 Å². The van der Waals surface area contributed by atoms with E-state index in [-0.39, 0.29) is 11.3 Å². The molecule has 4 aliphatic rings. The van der Waals surface area contributed by atoms with Crippen molar-refractivity contribution < 1.29 is 9.90 Å².